The van der Waals surface area contributed by atoms with Gasteiger partial charge >= 0.3 is 0 Å². The number of anilines is 1. The van der Waals surface area contributed by atoms with Crippen LogP contribution in [0.5, 0.6) is 0 Å². The highest BCUT2D eigenvalue weighted by Crippen LogP contribution is 2.21. The van der Waals surface area contributed by atoms with Crippen LogP contribution >= 0.6 is 0 Å². The molecule has 0 aromatic heterocycles. The molecule has 0 fully saturated rings. The highest BCUT2D eigenvalue weighted by Gasteiger charge is 2.13. The number of amides is 1. The van der Waals surface area contributed by atoms with Crippen LogP contribution in [0, 0.1) is 18.3 Å². The summed E-state index contributed by atoms with van der Waals surface area (Å²) in [4.78, 5) is 11.8. The van der Waals surface area contributed by atoms with E-state index in [9.17, 15) is 4.79 Å². The molecule has 0 unspecified atom stereocenters. The minimum absolute atomic E-state index is 0.0516. The normalized spacial score (nSPS) is 17.7. The third-order valence-electron chi connectivity index (χ3n) is 2.87. The van der Waals surface area contributed by atoms with Crippen LogP contribution in [0.25, 0.3) is 0 Å². The second-order valence-corrected chi connectivity index (χ2v) is 4.24. The molecule has 1 N–H and O–H groups in total. The minimum atomic E-state index is 0.0516. The van der Waals surface area contributed by atoms with Gasteiger partial charge in [0.25, 0.3) is 0 Å². The summed E-state index contributed by atoms with van der Waals surface area (Å²) in [5.74, 6) is 3.00. The van der Waals surface area contributed by atoms with Crippen molar-refractivity contribution in [3.05, 3.63) is 42.0 Å². The molecule has 0 aliphatic heterocycles. The summed E-state index contributed by atoms with van der Waals surface area (Å²) in [6, 6.07) is 7.35. The molecule has 0 spiro atoms. The predicted octanol–water partition coefficient (Wildman–Crippen LogP) is 2.96. The van der Waals surface area contributed by atoms with E-state index in [0.29, 0.717) is 12.3 Å². The molecule has 0 heterocycles. The summed E-state index contributed by atoms with van der Waals surface area (Å²) in [6.07, 6.45) is 12.3. The number of carbonyl (C=O) groups excluding carboxylic acids is 1. The maximum atomic E-state index is 11.8. The van der Waals surface area contributed by atoms with Crippen molar-refractivity contribution in [3.63, 3.8) is 0 Å². The van der Waals surface area contributed by atoms with Crippen molar-refractivity contribution in [1.82, 2.24) is 0 Å². The molecule has 0 saturated heterocycles. The Labute approximate surface area is 102 Å². The second-order valence-electron chi connectivity index (χ2n) is 4.24. The molecule has 0 saturated carbocycles. The molecule has 17 heavy (non-hydrogen) atoms. The molecule has 86 valence electrons. The van der Waals surface area contributed by atoms with E-state index in [1.807, 2.05) is 24.3 Å². The number of carbonyl (C=O) groups is 1. The fraction of sp³-hybridized carbons (Fsp3) is 0.267. The first kappa shape index (κ1) is 11.5. The van der Waals surface area contributed by atoms with E-state index < -0.39 is 0 Å². The van der Waals surface area contributed by atoms with Gasteiger partial charge in [0.1, 0.15) is 0 Å². The molecule has 0 bridgehead atoms. The maximum absolute atomic E-state index is 11.8. The van der Waals surface area contributed by atoms with E-state index in [-0.39, 0.29) is 5.91 Å². The molecule has 2 rings (SSSR count). The largest absolute Gasteiger partial charge is 0.326 e. The van der Waals surface area contributed by atoms with Crippen LogP contribution in [0.4, 0.5) is 5.69 Å². The molecule has 1 aliphatic rings. The number of rotatable bonds is 3. The van der Waals surface area contributed by atoms with Gasteiger partial charge in [0, 0.05) is 17.7 Å². The van der Waals surface area contributed by atoms with Gasteiger partial charge in [-0.3, -0.25) is 4.79 Å². The van der Waals surface area contributed by atoms with Crippen LogP contribution in [0.3, 0.4) is 0 Å². The Kier molecular flexibility index (Phi) is 3.62. The lowest BCUT2D eigenvalue weighted by atomic mass is 10.0. The highest BCUT2D eigenvalue weighted by molar-refractivity contribution is 5.91. The summed E-state index contributed by atoms with van der Waals surface area (Å²) in [5.41, 5.74) is 1.55. The zero-order valence-corrected chi connectivity index (χ0v) is 9.65. The number of benzene rings is 1. The van der Waals surface area contributed by atoms with E-state index >= 15 is 0 Å². The van der Waals surface area contributed by atoms with Gasteiger partial charge in [0.15, 0.2) is 0 Å². The number of hydrogen-bond donors (Lipinski definition) is 1. The van der Waals surface area contributed by atoms with Crippen LogP contribution in [0.15, 0.2) is 36.4 Å². The SMILES string of the molecule is C#Cc1cccc(NC(=O)C[C@H]2C=CCC2)c1. The van der Waals surface area contributed by atoms with Crippen LogP contribution in [0.1, 0.15) is 24.8 Å². The molecule has 2 nitrogen and oxygen atoms in total. The molecule has 1 atom stereocenters. The van der Waals surface area contributed by atoms with E-state index in [4.69, 9.17) is 6.42 Å². The lowest BCUT2D eigenvalue weighted by Gasteiger charge is -2.08. The zero-order valence-electron chi connectivity index (χ0n) is 9.65. The molecule has 1 aliphatic carbocycles. The van der Waals surface area contributed by atoms with Gasteiger partial charge in [-0.05, 0) is 37.0 Å². The molecule has 1 aromatic rings. The smallest absolute Gasteiger partial charge is 0.224 e. The zero-order chi connectivity index (χ0) is 12.1. The Morgan fingerprint density at radius 1 is 1.53 bits per heavy atom. The maximum Gasteiger partial charge on any atom is 0.224 e. The summed E-state index contributed by atoms with van der Waals surface area (Å²) >= 11 is 0. The molecule has 1 aromatic carbocycles. The average Bonchev–Trinajstić information content (AvgIpc) is 2.82. The van der Waals surface area contributed by atoms with Gasteiger partial charge in [0.2, 0.25) is 5.91 Å². The Bertz CT molecular complexity index is 482. The van der Waals surface area contributed by atoms with Crippen LogP contribution in [0.2, 0.25) is 0 Å². The monoisotopic (exact) mass is 225 g/mol. The van der Waals surface area contributed by atoms with Crippen molar-refractivity contribution in [2.75, 3.05) is 5.32 Å². The van der Waals surface area contributed by atoms with Gasteiger partial charge in [-0.2, -0.15) is 0 Å². The molecule has 2 heteroatoms. The van der Waals surface area contributed by atoms with Crippen molar-refractivity contribution in [3.8, 4) is 12.3 Å². The lowest BCUT2D eigenvalue weighted by Crippen LogP contribution is -2.14. The molecule has 0 radical (unpaired) electrons. The van der Waals surface area contributed by atoms with Gasteiger partial charge in [0.05, 0.1) is 0 Å². The van der Waals surface area contributed by atoms with E-state index in [2.05, 4.69) is 23.4 Å². The summed E-state index contributed by atoms with van der Waals surface area (Å²) in [7, 11) is 0. The van der Waals surface area contributed by atoms with Gasteiger partial charge < -0.3 is 5.32 Å². The highest BCUT2D eigenvalue weighted by atomic mass is 16.1. The first-order chi connectivity index (χ1) is 8.28. The van der Waals surface area contributed by atoms with Crippen molar-refractivity contribution in [2.45, 2.75) is 19.3 Å². The lowest BCUT2D eigenvalue weighted by molar-refractivity contribution is -0.116. The Morgan fingerprint density at radius 2 is 2.41 bits per heavy atom. The number of allylic oxidation sites excluding steroid dienone is 2. The summed E-state index contributed by atoms with van der Waals surface area (Å²) in [5, 5.41) is 2.88. The van der Waals surface area contributed by atoms with Gasteiger partial charge in [-0.1, -0.05) is 24.1 Å². The molecular weight excluding hydrogens is 210 g/mol. The summed E-state index contributed by atoms with van der Waals surface area (Å²) in [6.45, 7) is 0. The fourth-order valence-corrected chi connectivity index (χ4v) is 2.00. The third kappa shape index (κ3) is 3.22. The average molecular weight is 225 g/mol. The Morgan fingerprint density at radius 3 is 3.12 bits per heavy atom. The first-order valence-corrected chi connectivity index (χ1v) is 5.81. The van der Waals surface area contributed by atoms with Crippen molar-refractivity contribution in [1.29, 1.82) is 0 Å². The third-order valence-corrected chi connectivity index (χ3v) is 2.87. The van der Waals surface area contributed by atoms with Gasteiger partial charge in [-0.25, -0.2) is 0 Å². The topological polar surface area (TPSA) is 29.1 Å². The van der Waals surface area contributed by atoms with Crippen molar-refractivity contribution >= 4 is 11.6 Å². The predicted molar refractivity (Wildman–Crippen MR) is 69.5 cm³/mol. The summed E-state index contributed by atoms with van der Waals surface area (Å²) < 4.78 is 0. The number of hydrogen-bond acceptors (Lipinski definition) is 1. The quantitative estimate of drug-likeness (QED) is 0.622. The Hall–Kier alpha value is -2.01. The minimum Gasteiger partial charge on any atom is -0.326 e. The van der Waals surface area contributed by atoms with Crippen LogP contribution in [-0.2, 0) is 4.79 Å². The Balaban J connectivity index is 1.93. The van der Waals surface area contributed by atoms with Crippen molar-refractivity contribution < 1.29 is 4.79 Å². The van der Waals surface area contributed by atoms with Gasteiger partial charge in [-0.15, -0.1) is 6.42 Å². The second kappa shape index (κ2) is 5.36. The van der Waals surface area contributed by atoms with E-state index in [1.54, 1.807) is 0 Å². The number of terminal acetylenes is 1. The van der Waals surface area contributed by atoms with Crippen LogP contribution < -0.4 is 5.32 Å². The van der Waals surface area contributed by atoms with E-state index in [0.717, 1.165) is 24.1 Å². The van der Waals surface area contributed by atoms with Crippen molar-refractivity contribution in [2.24, 2.45) is 5.92 Å². The fourth-order valence-electron chi connectivity index (χ4n) is 2.00. The molecule has 1 amide bonds. The standard InChI is InChI=1S/C15H15NO/c1-2-12-8-5-9-14(10-12)16-15(17)11-13-6-3-4-7-13/h1,3,5-6,8-10,13H,4,7,11H2,(H,16,17)/t13-/m0/s1. The van der Waals surface area contributed by atoms with Crippen LogP contribution in [-0.4, -0.2) is 5.91 Å². The number of nitrogens with one attached hydrogen (secondary N) is 1. The molecular formula is C15H15NO. The first-order valence-electron chi connectivity index (χ1n) is 5.81. The van der Waals surface area contributed by atoms with E-state index in [1.165, 1.54) is 0 Å².